The van der Waals surface area contributed by atoms with E-state index in [1.54, 1.807) is 18.9 Å². The number of ether oxygens (including phenoxy) is 2. The van der Waals surface area contributed by atoms with Gasteiger partial charge in [-0.15, -0.1) is 11.8 Å². The predicted molar refractivity (Wildman–Crippen MR) is 117 cm³/mol. The Hall–Kier alpha value is -2.79. The summed E-state index contributed by atoms with van der Waals surface area (Å²) in [6.07, 6.45) is 1.39. The highest BCUT2D eigenvalue weighted by Gasteiger charge is 2.56. The fraction of sp³-hybridized carbons (Fsp3) is 0.280. The molecule has 2 aromatic rings. The molecule has 3 atom stereocenters. The van der Waals surface area contributed by atoms with Gasteiger partial charge in [-0.2, -0.15) is 0 Å². The largest absolute Gasteiger partial charge is 0.497 e. The molecule has 0 unspecified atom stereocenters. The van der Waals surface area contributed by atoms with Crippen molar-refractivity contribution in [2.24, 2.45) is 11.8 Å². The molecule has 1 fully saturated rings. The summed E-state index contributed by atoms with van der Waals surface area (Å²) in [6.45, 7) is 4.29. The number of hydrogen-bond acceptors (Lipinski definition) is 5. The van der Waals surface area contributed by atoms with E-state index in [2.05, 4.69) is 0 Å². The lowest BCUT2D eigenvalue weighted by atomic mass is 9.61. The number of hydrogen-bond donors (Lipinski definition) is 0. The van der Waals surface area contributed by atoms with Crippen LogP contribution in [-0.4, -0.2) is 23.9 Å². The van der Waals surface area contributed by atoms with Crippen molar-refractivity contribution in [3.63, 3.8) is 0 Å². The van der Waals surface area contributed by atoms with E-state index >= 15 is 0 Å². The Morgan fingerprint density at radius 1 is 1.03 bits per heavy atom. The van der Waals surface area contributed by atoms with Gasteiger partial charge in [-0.1, -0.05) is 42.0 Å². The summed E-state index contributed by atoms with van der Waals surface area (Å²) >= 11 is 1.61. The first-order chi connectivity index (χ1) is 14.5. The van der Waals surface area contributed by atoms with Gasteiger partial charge in [0.2, 0.25) is 5.78 Å². The smallest absolute Gasteiger partial charge is 0.203 e. The van der Waals surface area contributed by atoms with Gasteiger partial charge in [0.15, 0.2) is 11.5 Å². The summed E-state index contributed by atoms with van der Waals surface area (Å²) in [4.78, 5) is 27.1. The topological polar surface area (TPSA) is 52.6 Å². The highest BCUT2D eigenvalue weighted by Crippen LogP contribution is 2.54. The SMILES string of the molecule is COc1cccc(S[C@@H]2C(=C(C)C)[C@H]3C(=O)C=C(OCc4ccccc4)C(=O)[C@H]32)c1. The highest BCUT2D eigenvalue weighted by molar-refractivity contribution is 8.00. The van der Waals surface area contributed by atoms with Crippen LogP contribution in [0.3, 0.4) is 0 Å². The van der Waals surface area contributed by atoms with Crippen LogP contribution in [0.15, 0.2) is 82.5 Å². The minimum atomic E-state index is -0.394. The number of rotatable bonds is 6. The van der Waals surface area contributed by atoms with Crippen LogP contribution in [0.25, 0.3) is 0 Å². The Morgan fingerprint density at radius 2 is 1.80 bits per heavy atom. The molecule has 4 rings (SSSR count). The van der Waals surface area contributed by atoms with Gasteiger partial charge in [0, 0.05) is 16.2 Å². The van der Waals surface area contributed by atoms with E-state index in [1.165, 1.54) is 6.08 Å². The number of allylic oxidation sites excluding steroid dienone is 3. The Morgan fingerprint density at radius 3 is 2.50 bits per heavy atom. The zero-order valence-corrected chi connectivity index (χ0v) is 18.1. The molecule has 2 aliphatic carbocycles. The molecule has 0 heterocycles. The lowest BCUT2D eigenvalue weighted by Crippen LogP contribution is -2.53. The third-order valence-corrected chi connectivity index (χ3v) is 6.90. The van der Waals surface area contributed by atoms with Crippen LogP contribution in [0.2, 0.25) is 0 Å². The molecule has 154 valence electrons. The maximum Gasteiger partial charge on any atom is 0.203 e. The quantitative estimate of drug-likeness (QED) is 0.616. The van der Waals surface area contributed by atoms with Crippen molar-refractivity contribution in [3.05, 3.63) is 83.1 Å². The molecule has 30 heavy (non-hydrogen) atoms. The van der Waals surface area contributed by atoms with Crippen LogP contribution in [0.1, 0.15) is 19.4 Å². The number of thioether (sulfide) groups is 1. The number of fused-ring (bicyclic) bond motifs is 1. The van der Waals surface area contributed by atoms with Gasteiger partial charge >= 0.3 is 0 Å². The van der Waals surface area contributed by atoms with E-state index in [1.807, 2.05) is 68.4 Å². The second-order valence-electron chi connectivity index (χ2n) is 7.73. The summed E-state index contributed by atoms with van der Waals surface area (Å²) < 4.78 is 11.1. The standard InChI is InChI=1S/C25H24O4S/c1-15(2)21-22-19(26)13-20(29-14-16-8-5-4-6-9-16)24(27)23(22)25(21)30-18-11-7-10-17(12-18)28-3/h4-13,22-23,25H,14H2,1-3H3/t22-,23+,25-/m1/s1. The molecular formula is C25H24O4S. The number of carbonyl (C=O) groups is 2. The van der Waals surface area contributed by atoms with E-state index in [9.17, 15) is 9.59 Å². The van der Waals surface area contributed by atoms with Gasteiger partial charge in [0.1, 0.15) is 12.4 Å². The van der Waals surface area contributed by atoms with Crippen LogP contribution in [0, 0.1) is 11.8 Å². The summed E-state index contributed by atoms with van der Waals surface area (Å²) in [5, 5.41) is -0.0763. The van der Waals surface area contributed by atoms with Gasteiger partial charge < -0.3 is 9.47 Å². The Labute approximate surface area is 181 Å². The summed E-state index contributed by atoms with van der Waals surface area (Å²) in [5.41, 5.74) is 3.12. The monoisotopic (exact) mass is 420 g/mol. The second kappa shape index (κ2) is 8.52. The van der Waals surface area contributed by atoms with E-state index < -0.39 is 5.92 Å². The average Bonchev–Trinajstić information content (AvgIpc) is 2.73. The molecule has 1 saturated carbocycles. The van der Waals surface area contributed by atoms with E-state index in [0.717, 1.165) is 27.4 Å². The maximum atomic E-state index is 13.2. The number of methoxy groups -OCH3 is 1. The van der Waals surface area contributed by atoms with Gasteiger partial charge in [-0.05, 0) is 43.2 Å². The van der Waals surface area contributed by atoms with E-state index in [0.29, 0.717) is 0 Å². The zero-order valence-electron chi connectivity index (χ0n) is 17.3. The first-order valence-electron chi connectivity index (χ1n) is 9.94. The maximum absolute atomic E-state index is 13.2. The molecule has 5 heteroatoms. The molecular weight excluding hydrogens is 396 g/mol. The molecule has 0 N–H and O–H groups in total. The average molecular weight is 421 g/mol. The first kappa shape index (κ1) is 20.5. The molecule has 0 radical (unpaired) electrons. The van der Waals surface area contributed by atoms with Crippen molar-refractivity contribution in [2.45, 2.75) is 30.6 Å². The first-order valence-corrected chi connectivity index (χ1v) is 10.8. The third-order valence-electron chi connectivity index (χ3n) is 5.57. The lowest BCUT2D eigenvalue weighted by molar-refractivity contribution is -0.134. The van der Waals surface area contributed by atoms with Crippen LogP contribution in [0.4, 0.5) is 0 Å². The van der Waals surface area contributed by atoms with E-state index in [-0.39, 0.29) is 35.1 Å². The fourth-order valence-corrected chi connectivity index (χ4v) is 5.67. The van der Waals surface area contributed by atoms with E-state index in [4.69, 9.17) is 9.47 Å². The van der Waals surface area contributed by atoms with Gasteiger partial charge in [0.05, 0.1) is 18.9 Å². The van der Waals surface area contributed by atoms with Crippen molar-refractivity contribution in [3.8, 4) is 5.75 Å². The Balaban J connectivity index is 1.58. The molecule has 0 spiro atoms. The molecule has 2 aromatic carbocycles. The molecule has 0 bridgehead atoms. The zero-order chi connectivity index (χ0) is 21.3. The molecule has 0 aliphatic heterocycles. The molecule has 0 amide bonds. The Kier molecular flexibility index (Phi) is 5.82. The van der Waals surface area contributed by atoms with Gasteiger partial charge in [0.25, 0.3) is 0 Å². The van der Waals surface area contributed by atoms with Crippen LogP contribution in [-0.2, 0) is 20.9 Å². The van der Waals surface area contributed by atoms with Crippen LogP contribution < -0.4 is 4.74 Å². The van der Waals surface area contributed by atoms with Crippen LogP contribution in [0.5, 0.6) is 5.75 Å². The molecule has 2 aliphatic rings. The summed E-state index contributed by atoms with van der Waals surface area (Å²) in [6, 6.07) is 17.4. The Bertz CT molecular complexity index is 1030. The minimum absolute atomic E-state index is 0.0404. The minimum Gasteiger partial charge on any atom is -0.497 e. The van der Waals surface area contributed by atoms with Gasteiger partial charge in [-0.25, -0.2) is 0 Å². The van der Waals surface area contributed by atoms with Crippen molar-refractivity contribution in [1.29, 1.82) is 0 Å². The summed E-state index contributed by atoms with van der Waals surface area (Å²) in [5.74, 6) is 0.0629. The van der Waals surface area contributed by atoms with Crippen LogP contribution >= 0.6 is 11.8 Å². The number of Topliss-reactive ketones (excluding diaryl/α,β-unsaturated/α-hetero) is 1. The second-order valence-corrected chi connectivity index (χ2v) is 8.94. The normalized spacial score (nSPS) is 22.7. The fourth-order valence-electron chi connectivity index (χ4n) is 4.10. The lowest BCUT2D eigenvalue weighted by Gasteiger charge is -2.47. The van der Waals surface area contributed by atoms with Crippen molar-refractivity contribution in [2.75, 3.05) is 7.11 Å². The predicted octanol–water partition coefficient (Wildman–Crippen LogP) is 4.99. The molecule has 0 saturated heterocycles. The third kappa shape index (κ3) is 3.82. The number of carbonyl (C=O) groups excluding carboxylic acids is 2. The van der Waals surface area contributed by atoms with Crippen molar-refractivity contribution in [1.82, 2.24) is 0 Å². The van der Waals surface area contributed by atoms with Gasteiger partial charge in [-0.3, -0.25) is 9.59 Å². The summed E-state index contributed by atoms with van der Waals surface area (Å²) in [7, 11) is 1.63. The number of benzene rings is 2. The molecule has 4 nitrogen and oxygen atoms in total. The highest BCUT2D eigenvalue weighted by atomic mass is 32.2. The van der Waals surface area contributed by atoms with Crippen molar-refractivity contribution >= 4 is 23.3 Å². The number of ketones is 2. The molecule has 0 aromatic heterocycles. The van der Waals surface area contributed by atoms with Crippen molar-refractivity contribution < 1.29 is 19.1 Å².